The molecule has 6 heteroatoms. The zero-order valence-corrected chi connectivity index (χ0v) is 12.5. The number of furan rings is 1. The van der Waals surface area contributed by atoms with Crippen LogP contribution in [0.15, 0.2) is 55.8 Å². The smallest absolute Gasteiger partial charge is 0.206 e. The normalized spacial score (nSPS) is 12.6. The summed E-state index contributed by atoms with van der Waals surface area (Å²) in [5.74, 6) is 0.794. The number of hydrogen-bond donors (Lipinski definition) is 0. The van der Waals surface area contributed by atoms with Crippen molar-refractivity contribution in [3.63, 3.8) is 0 Å². The Kier molecular flexibility index (Phi) is 3.94. The van der Waals surface area contributed by atoms with Crippen LogP contribution >= 0.6 is 22.7 Å². The van der Waals surface area contributed by atoms with E-state index in [1.54, 1.807) is 28.9 Å². The third-order valence-corrected chi connectivity index (χ3v) is 4.26. The van der Waals surface area contributed by atoms with Gasteiger partial charge >= 0.3 is 0 Å². The molecule has 20 heavy (non-hydrogen) atoms. The molecular weight excluding hydrogens is 290 g/mol. The largest absolute Gasteiger partial charge is 0.463 e. The van der Waals surface area contributed by atoms with Gasteiger partial charge in [0.25, 0.3) is 0 Å². The molecule has 0 bridgehead atoms. The highest BCUT2D eigenvalue weighted by Gasteiger charge is 2.09. The monoisotopic (exact) mass is 303 g/mol. The molecule has 3 aromatic rings. The Bertz CT molecular complexity index is 749. The molecule has 0 saturated heterocycles. The summed E-state index contributed by atoms with van der Waals surface area (Å²) in [4.78, 5) is 6.44. The molecule has 0 unspecified atom stereocenters. The van der Waals surface area contributed by atoms with Gasteiger partial charge in [-0.1, -0.05) is 6.07 Å². The van der Waals surface area contributed by atoms with Gasteiger partial charge in [-0.2, -0.15) is 5.10 Å². The van der Waals surface area contributed by atoms with Crippen LogP contribution in [-0.2, 0) is 0 Å². The summed E-state index contributed by atoms with van der Waals surface area (Å²) in [6.07, 6.45) is 3.51. The standard InChI is InChI=1S/C14H13N3OS2/c1-2-15-14-17(16-9-11-5-4-8-19-11)12(10-20-14)13-6-3-7-18-13/h3-10H,2H2,1H3. The van der Waals surface area contributed by atoms with Crippen molar-refractivity contribution in [2.75, 3.05) is 6.54 Å². The molecule has 3 aromatic heterocycles. The molecule has 0 aliphatic rings. The molecule has 3 heterocycles. The molecule has 0 aliphatic carbocycles. The average molecular weight is 303 g/mol. The minimum Gasteiger partial charge on any atom is -0.463 e. The Labute approximate surface area is 124 Å². The van der Waals surface area contributed by atoms with Crippen molar-refractivity contribution < 1.29 is 4.42 Å². The van der Waals surface area contributed by atoms with E-state index in [1.807, 2.05) is 52.8 Å². The zero-order chi connectivity index (χ0) is 13.8. The van der Waals surface area contributed by atoms with Crippen molar-refractivity contribution in [1.82, 2.24) is 4.68 Å². The first-order valence-electron chi connectivity index (χ1n) is 6.21. The molecule has 102 valence electrons. The van der Waals surface area contributed by atoms with Crippen molar-refractivity contribution in [2.45, 2.75) is 6.92 Å². The third-order valence-electron chi connectivity index (χ3n) is 2.60. The summed E-state index contributed by atoms with van der Waals surface area (Å²) < 4.78 is 7.29. The maximum absolute atomic E-state index is 5.46. The quantitative estimate of drug-likeness (QED) is 0.678. The lowest BCUT2D eigenvalue weighted by Gasteiger charge is -1.99. The Balaban J connectivity index is 2.07. The molecule has 0 aliphatic heterocycles. The predicted molar refractivity (Wildman–Crippen MR) is 83.4 cm³/mol. The number of hydrogen-bond acceptors (Lipinski definition) is 5. The van der Waals surface area contributed by atoms with Crippen LogP contribution in [0.3, 0.4) is 0 Å². The number of rotatable bonds is 4. The van der Waals surface area contributed by atoms with Gasteiger partial charge in [0.05, 0.1) is 12.5 Å². The minimum absolute atomic E-state index is 0.729. The van der Waals surface area contributed by atoms with Crippen molar-refractivity contribution in [3.05, 3.63) is 51.0 Å². The minimum atomic E-state index is 0.729. The molecule has 0 amide bonds. The fourth-order valence-corrected chi connectivity index (χ4v) is 3.19. The molecule has 3 rings (SSSR count). The van der Waals surface area contributed by atoms with Gasteiger partial charge in [-0.05, 0) is 30.5 Å². The van der Waals surface area contributed by atoms with E-state index in [0.29, 0.717) is 0 Å². The molecule has 0 spiro atoms. The van der Waals surface area contributed by atoms with Crippen LogP contribution in [0, 0.1) is 0 Å². The van der Waals surface area contributed by atoms with Gasteiger partial charge in [-0.15, -0.1) is 22.7 Å². The first-order chi connectivity index (χ1) is 9.88. The second-order valence-electron chi connectivity index (χ2n) is 3.93. The van der Waals surface area contributed by atoms with Gasteiger partial charge < -0.3 is 4.42 Å². The number of aromatic nitrogens is 1. The molecule has 0 saturated carbocycles. The summed E-state index contributed by atoms with van der Waals surface area (Å²) in [7, 11) is 0. The van der Waals surface area contributed by atoms with Crippen LogP contribution < -0.4 is 4.80 Å². The van der Waals surface area contributed by atoms with Gasteiger partial charge in [0.1, 0.15) is 5.69 Å². The lowest BCUT2D eigenvalue weighted by Crippen LogP contribution is -2.12. The van der Waals surface area contributed by atoms with Crippen LogP contribution in [0.4, 0.5) is 0 Å². The number of thiazole rings is 1. The van der Waals surface area contributed by atoms with Gasteiger partial charge in [0.2, 0.25) is 4.80 Å². The first-order valence-corrected chi connectivity index (χ1v) is 7.97. The first kappa shape index (κ1) is 13.1. The van der Waals surface area contributed by atoms with Crippen LogP contribution in [0.25, 0.3) is 11.5 Å². The molecule has 0 aromatic carbocycles. The van der Waals surface area contributed by atoms with E-state index in [4.69, 9.17) is 4.42 Å². The van der Waals surface area contributed by atoms with E-state index in [9.17, 15) is 0 Å². The van der Waals surface area contributed by atoms with Crippen LogP contribution in [0.1, 0.15) is 11.8 Å². The summed E-state index contributed by atoms with van der Waals surface area (Å²) in [6.45, 7) is 2.74. The summed E-state index contributed by atoms with van der Waals surface area (Å²) in [6, 6.07) is 7.84. The van der Waals surface area contributed by atoms with E-state index in [1.165, 1.54) is 0 Å². The lowest BCUT2D eigenvalue weighted by atomic mass is 10.4. The highest BCUT2D eigenvalue weighted by Crippen LogP contribution is 2.20. The Morgan fingerprint density at radius 1 is 1.30 bits per heavy atom. The van der Waals surface area contributed by atoms with Gasteiger partial charge in [0.15, 0.2) is 5.76 Å². The van der Waals surface area contributed by atoms with E-state index >= 15 is 0 Å². The Morgan fingerprint density at radius 3 is 2.95 bits per heavy atom. The topological polar surface area (TPSA) is 42.8 Å². The molecule has 0 fully saturated rings. The van der Waals surface area contributed by atoms with Gasteiger partial charge in [-0.25, -0.2) is 4.68 Å². The van der Waals surface area contributed by atoms with Crippen LogP contribution in [-0.4, -0.2) is 17.4 Å². The van der Waals surface area contributed by atoms with E-state index in [-0.39, 0.29) is 0 Å². The maximum atomic E-state index is 5.46. The lowest BCUT2D eigenvalue weighted by molar-refractivity contribution is 0.575. The Hall–Kier alpha value is -1.92. The zero-order valence-electron chi connectivity index (χ0n) is 10.9. The van der Waals surface area contributed by atoms with E-state index in [0.717, 1.165) is 27.7 Å². The fraction of sp³-hybridized carbons (Fsp3) is 0.143. The second kappa shape index (κ2) is 6.02. The van der Waals surface area contributed by atoms with Crippen molar-refractivity contribution in [3.8, 4) is 11.5 Å². The maximum Gasteiger partial charge on any atom is 0.206 e. The molecule has 0 radical (unpaired) electrons. The van der Waals surface area contributed by atoms with E-state index in [2.05, 4.69) is 10.1 Å². The highest BCUT2D eigenvalue weighted by atomic mass is 32.1. The van der Waals surface area contributed by atoms with Crippen LogP contribution in [0.2, 0.25) is 0 Å². The fourth-order valence-electron chi connectivity index (χ4n) is 1.73. The molecular formula is C14H13N3OS2. The Morgan fingerprint density at radius 2 is 2.25 bits per heavy atom. The summed E-state index contributed by atoms with van der Waals surface area (Å²) in [5, 5.41) is 8.59. The SMILES string of the molecule is CCN=c1scc(-c2ccco2)n1N=Cc1cccs1. The van der Waals surface area contributed by atoms with Gasteiger partial charge in [-0.3, -0.25) is 4.99 Å². The summed E-state index contributed by atoms with van der Waals surface area (Å²) >= 11 is 3.22. The number of thiophene rings is 1. The van der Waals surface area contributed by atoms with Crippen molar-refractivity contribution >= 4 is 28.9 Å². The van der Waals surface area contributed by atoms with Crippen molar-refractivity contribution in [1.29, 1.82) is 0 Å². The molecule has 4 nitrogen and oxygen atoms in total. The third kappa shape index (κ3) is 2.66. The average Bonchev–Trinajstić information content (AvgIpc) is 3.19. The second-order valence-corrected chi connectivity index (χ2v) is 5.74. The highest BCUT2D eigenvalue weighted by molar-refractivity contribution is 7.11. The molecule has 0 atom stereocenters. The predicted octanol–water partition coefficient (Wildman–Crippen LogP) is 3.67. The van der Waals surface area contributed by atoms with Crippen molar-refractivity contribution in [2.24, 2.45) is 10.1 Å². The van der Waals surface area contributed by atoms with Gasteiger partial charge in [0, 0.05) is 16.8 Å². The number of nitrogens with zero attached hydrogens (tertiary/aromatic N) is 3. The summed E-state index contributed by atoms with van der Waals surface area (Å²) in [5.41, 5.74) is 0.917. The van der Waals surface area contributed by atoms with Crippen LogP contribution in [0.5, 0.6) is 0 Å². The van der Waals surface area contributed by atoms with E-state index < -0.39 is 0 Å². The molecule has 0 N–H and O–H groups in total.